The van der Waals surface area contributed by atoms with Crippen molar-refractivity contribution >= 4 is 21.7 Å². The summed E-state index contributed by atoms with van der Waals surface area (Å²) in [4.78, 5) is 22.0. The van der Waals surface area contributed by atoms with Gasteiger partial charge in [0.2, 0.25) is 5.91 Å². The summed E-state index contributed by atoms with van der Waals surface area (Å²) in [6.07, 6.45) is -0.491. The van der Waals surface area contributed by atoms with Gasteiger partial charge in [-0.2, -0.15) is 0 Å². The molecule has 0 aromatic rings. The molecule has 2 N–H and O–H groups in total. The SMILES string of the molecule is CC(C)C(C)NC(=O)CS(=O)(=O)C(C)CC(=O)O. The fourth-order valence-corrected chi connectivity index (χ4v) is 2.29. The molecule has 6 nitrogen and oxygen atoms in total. The van der Waals surface area contributed by atoms with Gasteiger partial charge in [0.05, 0.1) is 11.7 Å². The molecule has 0 aromatic carbocycles. The van der Waals surface area contributed by atoms with Gasteiger partial charge in [0.1, 0.15) is 5.75 Å². The lowest BCUT2D eigenvalue weighted by molar-refractivity contribution is -0.137. The average molecular weight is 279 g/mol. The van der Waals surface area contributed by atoms with E-state index in [2.05, 4.69) is 5.32 Å². The summed E-state index contributed by atoms with van der Waals surface area (Å²) in [5.41, 5.74) is 0. The van der Waals surface area contributed by atoms with Gasteiger partial charge in [-0.3, -0.25) is 9.59 Å². The normalized spacial score (nSPS) is 15.2. The first kappa shape index (κ1) is 16.9. The van der Waals surface area contributed by atoms with Crippen LogP contribution in [0.3, 0.4) is 0 Å². The molecule has 2 atom stereocenters. The Labute approximate surface area is 108 Å². The molecule has 0 aliphatic carbocycles. The zero-order valence-corrected chi connectivity index (χ0v) is 12.0. The Morgan fingerprint density at radius 2 is 1.67 bits per heavy atom. The van der Waals surface area contributed by atoms with Crippen LogP contribution in [0, 0.1) is 5.92 Å². The summed E-state index contributed by atoms with van der Waals surface area (Å²) >= 11 is 0. The van der Waals surface area contributed by atoms with E-state index < -0.39 is 39.1 Å². The zero-order chi connectivity index (χ0) is 14.5. The maximum atomic E-state index is 11.7. The second kappa shape index (κ2) is 6.72. The van der Waals surface area contributed by atoms with Gasteiger partial charge < -0.3 is 10.4 Å². The lowest BCUT2D eigenvalue weighted by Crippen LogP contribution is -2.41. The van der Waals surface area contributed by atoms with Gasteiger partial charge in [0.15, 0.2) is 9.84 Å². The minimum absolute atomic E-state index is 0.123. The monoisotopic (exact) mass is 279 g/mol. The Morgan fingerprint density at radius 3 is 2.06 bits per heavy atom. The number of sulfone groups is 1. The third-order valence-corrected chi connectivity index (χ3v) is 4.85. The fraction of sp³-hybridized carbons (Fsp3) is 0.818. The van der Waals surface area contributed by atoms with Crippen molar-refractivity contribution in [1.29, 1.82) is 0 Å². The van der Waals surface area contributed by atoms with E-state index in [1.54, 1.807) is 6.92 Å². The maximum absolute atomic E-state index is 11.7. The third-order valence-electron chi connectivity index (χ3n) is 2.80. The van der Waals surface area contributed by atoms with E-state index in [0.717, 1.165) is 0 Å². The van der Waals surface area contributed by atoms with E-state index in [4.69, 9.17) is 5.11 Å². The summed E-state index contributed by atoms with van der Waals surface area (Å²) in [5.74, 6) is -2.25. The van der Waals surface area contributed by atoms with Gasteiger partial charge >= 0.3 is 5.97 Å². The van der Waals surface area contributed by atoms with Gasteiger partial charge in [0, 0.05) is 6.04 Å². The van der Waals surface area contributed by atoms with Crippen LogP contribution in [0.4, 0.5) is 0 Å². The van der Waals surface area contributed by atoms with Crippen LogP contribution in [0.15, 0.2) is 0 Å². The van der Waals surface area contributed by atoms with Gasteiger partial charge in [0.25, 0.3) is 0 Å². The van der Waals surface area contributed by atoms with Gasteiger partial charge in [-0.1, -0.05) is 13.8 Å². The predicted octanol–water partition coefficient (Wildman–Crippen LogP) is 0.425. The van der Waals surface area contributed by atoms with Crippen LogP contribution < -0.4 is 5.32 Å². The van der Waals surface area contributed by atoms with Crippen molar-refractivity contribution in [3.05, 3.63) is 0 Å². The lowest BCUT2D eigenvalue weighted by Gasteiger charge is -2.18. The van der Waals surface area contributed by atoms with E-state index in [1.165, 1.54) is 6.92 Å². The Kier molecular flexibility index (Phi) is 6.31. The highest BCUT2D eigenvalue weighted by Gasteiger charge is 2.27. The highest BCUT2D eigenvalue weighted by atomic mass is 32.2. The molecule has 106 valence electrons. The number of carboxylic acids is 1. The number of rotatable bonds is 7. The molecule has 0 rings (SSSR count). The molecule has 0 aliphatic heterocycles. The lowest BCUT2D eigenvalue weighted by atomic mass is 10.1. The van der Waals surface area contributed by atoms with Crippen LogP contribution >= 0.6 is 0 Å². The molecule has 0 saturated carbocycles. The second-order valence-electron chi connectivity index (χ2n) is 4.82. The standard InChI is InChI=1S/C11H21NO5S/c1-7(2)9(4)12-10(13)6-18(16,17)8(3)5-11(14)15/h7-9H,5-6H2,1-4H3,(H,12,13)(H,14,15). The Balaban J connectivity index is 4.50. The number of nitrogens with one attached hydrogen (secondary N) is 1. The Morgan fingerprint density at radius 1 is 1.17 bits per heavy atom. The van der Waals surface area contributed by atoms with Crippen molar-refractivity contribution in [2.45, 2.75) is 45.4 Å². The summed E-state index contributed by atoms with van der Waals surface area (Å²) in [6, 6.07) is -0.123. The molecular weight excluding hydrogens is 258 g/mol. The van der Waals surface area contributed by atoms with Crippen molar-refractivity contribution in [3.8, 4) is 0 Å². The fourth-order valence-electron chi connectivity index (χ4n) is 1.16. The summed E-state index contributed by atoms with van der Waals surface area (Å²) in [6.45, 7) is 6.90. The second-order valence-corrected chi connectivity index (χ2v) is 7.24. The highest BCUT2D eigenvalue weighted by Crippen LogP contribution is 2.07. The maximum Gasteiger partial charge on any atom is 0.304 e. The molecular formula is C11H21NO5S. The first-order valence-corrected chi connectivity index (χ1v) is 7.50. The van der Waals surface area contributed by atoms with Crippen molar-refractivity contribution in [2.24, 2.45) is 5.92 Å². The minimum Gasteiger partial charge on any atom is -0.481 e. The quantitative estimate of drug-likeness (QED) is 0.703. The summed E-state index contributed by atoms with van der Waals surface area (Å²) < 4.78 is 23.4. The molecule has 0 bridgehead atoms. The number of hydrogen-bond donors (Lipinski definition) is 2. The summed E-state index contributed by atoms with van der Waals surface area (Å²) in [7, 11) is -3.72. The number of carboxylic acid groups (broad SMARTS) is 1. The number of carbonyl (C=O) groups excluding carboxylic acids is 1. The predicted molar refractivity (Wildman–Crippen MR) is 67.9 cm³/mol. The molecule has 0 radical (unpaired) electrons. The number of aliphatic carboxylic acids is 1. The molecule has 0 saturated heterocycles. The van der Waals surface area contributed by atoms with Crippen LogP contribution in [-0.4, -0.2) is 42.4 Å². The van der Waals surface area contributed by atoms with Crippen molar-refractivity contribution in [2.75, 3.05) is 5.75 Å². The first-order chi connectivity index (χ1) is 8.06. The number of amides is 1. The molecule has 0 spiro atoms. The molecule has 0 heterocycles. The molecule has 0 aliphatic rings. The highest BCUT2D eigenvalue weighted by molar-refractivity contribution is 7.92. The molecule has 1 amide bonds. The number of hydrogen-bond acceptors (Lipinski definition) is 4. The molecule has 2 unspecified atom stereocenters. The third kappa shape index (κ3) is 6.00. The van der Waals surface area contributed by atoms with Crippen molar-refractivity contribution in [3.63, 3.8) is 0 Å². The number of carbonyl (C=O) groups is 2. The Hall–Kier alpha value is -1.11. The van der Waals surface area contributed by atoms with Crippen LogP contribution in [0.1, 0.15) is 34.1 Å². The van der Waals surface area contributed by atoms with Crippen molar-refractivity contribution in [1.82, 2.24) is 5.32 Å². The summed E-state index contributed by atoms with van der Waals surface area (Å²) in [5, 5.41) is 10.1. The van der Waals surface area contributed by atoms with E-state index in [1.807, 2.05) is 13.8 Å². The van der Waals surface area contributed by atoms with Crippen LogP contribution in [-0.2, 0) is 19.4 Å². The minimum atomic E-state index is -3.72. The molecule has 18 heavy (non-hydrogen) atoms. The van der Waals surface area contributed by atoms with Gasteiger partial charge in [-0.15, -0.1) is 0 Å². The molecule has 7 heteroatoms. The van der Waals surface area contributed by atoms with E-state index in [-0.39, 0.29) is 12.0 Å². The van der Waals surface area contributed by atoms with E-state index in [9.17, 15) is 18.0 Å². The average Bonchev–Trinajstić information content (AvgIpc) is 2.14. The first-order valence-electron chi connectivity index (χ1n) is 5.79. The zero-order valence-electron chi connectivity index (χ0n) is 11.1. The molecule has 0 aromatic heterocycles. The van der Waals surface area contributed by atoms with E-state index in [0.29, 0.717) is 0 Å². The van der Waals surface area contributed by atoms with Crippen LogP contribution in [0.2, 0.25) is 0 Å². The topological polar surface area (TPSA) is 101 Å². The van der Waals surface area contributed by atoms with Gasteiger partial charge in [-0.05, 0) is 19.8 Å². The smallest absolute Gasteiger partial charge is 0.304 e. The largest absolute Gasteiger partial charge is 0.481 e. The Bertz CT molecular complexity index is 402. The van der Waals surface area contributed by atoms with E-state index >= 15 is 0 Å². The molecule has 0 fully saturated rings. The van der Waals surface area contributed by atoms with Crippen LogP contribution in [0.25, 0.3) is 0 Å². The van der Waals surface area contributed by atoms with Crippen molar-refractivity contribution < 1.29 is 23.1 Å². The van der Waals surface area contributed by atoms with Gasteiger partial charge in [-0.25, -0.2) is 8.42 Å². The van der Waals surface area contributed by atoms with Crippen LogP contribution in [0.5, 0.6) is 0 Å².